The second-order valence-corrected chi connectivity index (χ2v) is 8.80. The molecule has 0 unspecified atom stereocenters. The molecule has 3 aromatic carbocycles. The first-order valence-electron chi connectivity index (χ1n) is 11.1. The third-order valence-corrected chi connectivity index (χ3v) is 6.18. The number of rotatable bonds is 7. The monoisotopic (exact) mass is 470 g/mol. The van der Waals surface area contributed by atoms with Crippen molar-refractivity contribution in [2.45, 2.75) is 18.8 Å². The third-order valence-electron chi connectivity index (χ3n) is 5.92. The van der Waals surface area contributed by atoms with E-state index in [1.165, 1.54) is 0 Å². The fourth-order valence-corrected chi connectivity index (χ4v) is 4.13. The molecule has 34 heavy (non-hydrogen) atoms. The SMILES string of the molecule is C=CCOC(=O)c1cc(C2CC2)ccc1Nc1ccc2c(ccn2C(=O)c2ccc(Cl)cc2)c1. The van der Waals surface area contributed by atoms with E-state index in [1.807, 2.05) is 36.4 Å². The Labute approximate surface area is 202 Å². The van der Waals surface area contributed by atoms with Crippen molar-refractivity contribution in [3.63, 3.8) is 0 Å². The highest BCUT2D eigenvalue weighted by Crippen LogP contribution is 2.41. The van der Waals surface area contributed by atoms with Crippen molar-refractivity contribution in [1.82, 2.24) is 4.57 Å². The van der Waals surface area contributed by atoms with Crippen LogP contribution in [0.15, 0.2) is 85.6 Å². The predicted molar refractivity (Wildman–Crippen MR) is 135 cm³/mol. The lowest BCUT2D eigenvalue weighted by molar-refractivity contribution is 0.0550. The Morgan fingerprint density at radius 1 is 1.06 bits per heavy atom. The van der Waals surface area contributed by atoms with E-state index in [-0.39, 0.29) is 18.5 Å². The highest BCUT2D eigenvalue weighted by atomic mass is 35.5. The van der Waals surface area contributed by atoms with Crippen LogP contribution in [0, 0.1) is 0 Å². The van der Waals surface area contributed by atoms with Gasteiger partial charge in [0.1, 0.15) is 6.61 Å². The fourth-order valence-electron chi connectivity index (χ4n) is 4.01. The Morgan fingerprint density at radius 3 is 2.59 bits per heavy atom. The van der Waals surface area contributed by atoms with Gasteiger partial charge in [0.25, 0.3) is 5.91 Å². The molecule has 5 nitrogen and oxygen atoms in total. The van der Waals surface area contributed by atoms with Gasteiger partial charge < -0.3 is 10.1 Å². The van der Waals surface area contributed by atoms with Gasteiger partial charge in [-0.2, -0.15) is 0 Å². The molecular weight excluding hydrogens is 448 g/mol. The zero-order chi connectivity index (χ0) is 23.7. The van der Waals surface area contributed by atoms with Crippen LogP contribution < -0.4 is 5.32 Å². The lowest BCUT2D eigenvalue weighted by Crippen LogP contribution is -2.10. The number of ether oxygens (including phenoxy) is 1. The number of aromatic nitrogens is 1. The number of hydrogen-bond acceptors (Lipinski definition) is 4. The van der Waals surface area contributed by atoms with Gasteiger partial charge in [-0.15, -0.1) is 0 Å². The van der Waals surface area contributed by atoms with Gasteiger partial charge in [0.2, 0.25) is 0 Å². The second-order valence-electron chi connectivity index (χ2n) is 8.36. The van der Waals surface area contributed by atoms with Crippen LogP contribution in [0.2, 0.25) is 5.02 Å². The van der Waals surface area contributed by atoms with Crippen molar-refractivity contribution in [2.24, 2.45) is 0 Å². The van der Waals surface area contributed by atoms with Crippen LogP contribution in [-0.2, 0) is 4.74 Å². The van der Waals surface area contributed by atoms with E-state index in [4.69, 9.17) is 16.3 Å². The van der Waals surface area contributed by atoms with Gasteiger partial charge in [-0.05, 0) is 85.0 Å². The Morgan fingerprint density at radius 2 is 1.85 bits per heavy atom. The molecule has 0 atom stereocenters. The molecule has 5 rings (SSSR count). The predicted octanol–water partition coefficient (Wildman–Crippen LogP) is 6.95. The second kappa shape index (κ2) is 9.20. The quantitative estimate of drug-likeness (QED) is 0.234. The molecule has 0 spiro atoms. The Balaban J connectivity index is 1.43. The van der Waals surface area contributed by atoms with Gasteiger partial charge in [0.05, 0.1) is 16.8 Å². The van der Waals surface area contributed by atoms with Gasteiger partial charge in [0, 0.05) is 27.9 Å². The van der Waals surface area contributed by atoms with Crippen LogP contribution in [0.25, 0.3) is 10.9 Å². The van der Waals surface area contributed by atoms with E-state index >= 15 is 0 Å². The lowest BCUT2D eigenvalue weighted by Gasteiger charge is -2.14. The number of fused-ring (bicyclic) bond motifs is 1. The topological polar surface area (TPSA) is 60.3 Å². The molecule has 4 aromatic rings. The highest BCUT2D eigenvalue weighted by Gasteiger charge is 2.25. The first kappa shape index (κ1) is 22.0. The summed E-state index contributed by atoms with van der Waals surface area (Å²) in [6, 6.07) is 20.4. The van der Waals surface area contributed by atoms with Crippen LogP contribution in [0.3, 0.4) is 0 Å². The van der Waals surface area contributed by atoms with Crippen molar-refractivity contribution in [3.8, 4) is 0 Å². The maximum atomic E-state index is 13.0. The first-order valence-corrected chi connectivity index (χ1v) is 11.5. The number of benzene rings is 3. The third kappa shape index (κ3) is 4.47. The normalized spacial score (nSPS) is 13.0. The summed E-state index contributed by atoms with van der Waals surface area (Å²) in [6.07, 6.45) is 5.61. The van der Waals surface area contributed by atoms with Crippen molar-refractivity contribution < 1.29 is 14.3 Å². The van der Waals surface area contributed by atoms with Gasteiger partial charge >= 0.3 is 5.97 Å². The van der Waals surface area contributed by atoms with Crippen LogP contribution in [0.4, 0.5) is 11.4 Å². The minimum absolute atomic E-state index is 0.129. The molecule has 0 radical (unpaired) electrons. The largest absolute Gasteiger partial charge is 0.458 e. The van der Waals surface area contributed by atoms with Gasteiger partial charge in [-0.1, -0.05) is 30.3 Å². The van der Waals surface area contributed by atoms with E-state index in [2.05, 4.69) is 18.0 Å². The molecule has 1 aliphatic rings. The molecule has 1 aromatic heterocycles. The fraction of sp³-hybridized carbons (Fsp3) is 0.143. The van der Waals surface area contributed by atoms with Crippen molar-refractivity contribution >= 4 is 45.8 Å². The summed E-state index contributed by atoms with van der Waals surface area (Å²) in [5.74, 6) is 0.00952. The summed E-state index contributed by atoms with van der Waals surface area (Å²) < 4.78 is 6.93. The van der Waals surface area contributed by atoms with Crippen LogP contribution in [0.5, 0.6) is 0 Å². The highest BCUT2D eigenvalue weighted by molar-refractivity contribution is 6.30. The zero-order valence-electron chi connectivity index (χ0n) is 18.5. The number of carbonyl (C=O) groups excluding carboxylic acids is 2. The average molecular weight is 471 g/mol. The summed E-state index contributed by atoms with van der Waals surface area (Å²) >= 11 is 5.94. The van der Waals surface area contributed by atoms with Crippen LogP contribution >= 0.6 is 11.6 Å². The van der Waals surface area contributed by atoms with E-state index in [0.717, 1.165) is 35.0 Å². The van der Waals surface area contributed by atoms with E-state index < -0.39 is 0 Å². The van der Waals surface area contributed by atoms with E-state index in [0.29, 0.717) is 27.8 Å². The van der Waals surface area contributed by atoms with Crippen molar-refractivity contribution in [2.75, 3.05) is 11.9 Å². The number of nitrogens with zero attached hydrogens (tertiary/aromatic N) is 1. The molecule has 1 fully saturated rings. The number of nitrogens with one attached hydrogen (secondary N) is 1. The van der Waals surface area contributed by atoms with Gasteiger partial charge in [-0.25, -0.2) is 4.79 Å². The van der Waals surface area contributed by atoms with E-state index in [9.17, 15) is 9.59 Å². The Hall–Kier alpha value is -3.83. The molecule has 1 saturated carbocycles. The summed E-state index contributed by atoms with van der Waals surface area (Å²) in [5, 5.41) is 4.84. The maximum absolute atomic E-state index is 13.0. The van der Waals surface area contributed by atoms with Crippen molar-refractivity contribution in [3.05, 3.63) is 107 Å². The minimum Gasteiger partial charge on any atom is -0.458 e. The van der Waals surface area contributed by atoms with Crippen LogP contribution in [-0.4, -0.2) is 23.1 Å². The lowest BCUT2D eigenvalue weighted by atomic mass is 10.0. The average Bonchev–Trinajstić information content (AvgIpc) is 3.62. The number of anilines is 2. The summed E-state index contributed by atoms with van der Waals surface area (Å²) in [5.41, 5.74) is 4.49. The molecule has 0 aliphatic heterocycles. The molecule has 170 valence electrons. The van der Waals surface area contributed by atoms with Crippen molar-refractivity contribution in [1.29, 1.82) is 0 Å². The number of carbonyl (C=O) groups is 2. The molecule has 1 heterocycles. The Bertz CT molecular complexity index is 1400. The summed E-state index contributed by atoms with van der Waals surface area (Å²) in [4.78, 5) is 25.6. The smallest absolute Gasteiger partial charge is 0.340 e. The van der Waals surface area contributed by atoms with Gasteiger partial charge in [-0.3, -0.25) is 9.36 Å². The summed E-state index contributed by atoms with van der Waals surface area (Å²) in [6.45, 7) is 3.77. The van der Waals surface area contributed by atoms with Crippen LogP contribution in [0.1, 0.15) is 45.0 Å². The molecule has 6 heteroatoms. The number of hydrogen-bond donors (Lipinski definition) is 1. The zero-order valence-corrected chi connectivity index (χ0v) is 19.2. The minimum atomic E-state index is -0.384. The molecular formula is C28H23ClN2O3. The first-order chi connectivity index (χ1) is 16.5. The molecule has 0 bridgehead atoms. The molecule has 1 N–H and O–H groups in total. The molecule has 1 aliphatic carbocycles. The molecule has 0 saturated heterocycles. The maximum Gasteiger partial charge on any atom is 0.340 e. The Kier molecular flexibility index (Phi) is 5.95. The number of halogens is 1. The summed E-state index contributed by atoms with van der Waals surface area (Å²) in [7, 11) is 0. The number of esters is 1. The van der Waals surface area contributed by atoms with Gasteiger partial charge in [0.15, 0.2) is 0 Å². The standard InChI is InChI=1S/C28H23ClN2O3/c1-2-15-34-28(33)24-17-20(18-3-4-18)7-11-25(24)30-23-10-12-26-21(16-23)13-14-31(26)27(32)19-5-8-22(29)9-6-19/h2,5-14,16-18,30H,1,3-4,15H2. The van der Waals surface area contributed by atoms with E-state index in [1.54, 1.807) is 41.1 Å². The molecule has 0 amide bonds.